The molecule has 0 bridgehead atoms. The number of benzene rings is 1. The van der Waals surface area contributed by atoms with Crippen molar-refractivity contribution in [2.24, 2.45) is 0 Å². The SMILES string of the molecule is Cc1[nH]n(-c2ccc(S(=O)(=O)N(C(C)C)C(C)C)cn2)c(=O)c1Cc1ccccc1Cl. The maximum atomic E-state index is 13.0. The number of pyridine rings is 1. The zero-order valence-electron chi connectivity index (χ0n) is 18.3. The van der Waals surface area contributed by atoms with E-state index >= 15 is 0 Å². The molecule has 0 unspecified atom stereocenters. The lowest BCUT2D eigenvalue weighted by Crippen LogP contribution is -2.41. The van der Waals surface area contributed by atoms with Gasteiger partial charge in [0.05, 0.1) is 0 Å². The molecule has 9 heteroatoms. The molecule has 0 spiro atoms. The quantitative estimate of drug-likeness (QED) is 0.576. The van der Waals surface area contributed by atoms with E-state index in [-0.39, 0.29) is 22.5 Å². The third-order valence-electron chi connectivity index (χ3n) is 5.06. The smallest absolute Gasteiger partial charge is 0.276 e. The molecule has 0 aliphatic rings. The first-order valence-corrected chi connectivity index (χ1v) is 11.9. The average molecular weight is 463 g/mol. The maximum Gasteiger partial charge on any atom is 0.276 e. The van der Waals surface area contributed by atoms with Crippen LogP contribution in [0.2, 0.25) is 5.02 Å². The van der Waals surface area contributed by atoms with Gasteiger partial charge in [0.2, 0.25) is 10.0 Å². The van der Waals surface area contributed by atoms with Crippen LogP contribution in [0.3, 0.4) is 0 Å². The van der Waals surface area contributed by atoms with E-state index in [2.05, 4.69) is 10.1 Å². The first-order chi connectivity index (χ1) is 14.5. The van der Waals surface area contributed by atoms with Crippen LogP contribution in [-0.4, -0.2) is 39.6 Å². The first-order valence-electron chi connectivity index (χ1n) is 10.1. The molecule has 166 valence electrons. The van der Waals surface area contributed by atoms with Crippen molar-refractivity contribution in [3.05, 3.63) is 74.8 Å². The number of aromatic nitrogens is 3. The molecule has 2 heterocycles. The van der Waals surface area contributed by atoms with Gasteiger partial charge in [-0.3, -0.25) is 9.89 Å². The molecule has 1 aromatic carbocycles. The normalized spacial score (nSPS) is 12.3. The van der Waals surface area contributed by atoms with Crippen LogP contribution >= 0.6 is 11.6 Å². The largest absolute Gasteiger partial charge is 0.294 e. The van der Waals surface area contributed by atoms with Crippen molar-refractivity contribution in [2.45, 2.75) is 58.0 Å². The van der Waals surface area contributed by atoms with Crippen molar-refractivity contribution in [3.8, 4) is 5.82 Å². The van der Waals surface area contributed by atoms with Gasteiger partial charge in [0.15, 0.2) is 5.82 Å². The first kappa shape index (κ1) is 23.2. The number of nitrogens with zero attached hydrogens (tertiary/aromatic N) is 3. The topological polar surface area (TPSA) is 88.1 Å². The van der Waals surface area contributed by atoms with E-state index in [0.29, 0.717) is 28.5 Å². The molecule has 0 aliphatic heterocycles. The number of aromatic amines is 1. The molecule has 0 aliphatic carbocycles. The van der Waals surface area contributed by atoms with Gasteiger partial charge in [-0.25, -0.2) is 18.1 Å². The van der Waals surface area contributed by atoms with Crippen LogP contribution in [-0.2, 0) is 16.4 Å². The van der Waals surface area contributed by atoms with Crippen LogP contribution in [0.25, 0.3) is 5.82 Å². The lowest BCUT2D eigenvalue weighted by molar-refractivity contribution is 0.302. The highest BCUT2D eigenvalue weighted by molar-refractivity contribution is 7.89. The summed E-state index contributed by atoms with van der Waals surface area (Å²) in [5, 5.41) is 3.62. The average Bonchev–Trinajstić information content (AvgIpc) is 2.97. The van der Waals surface area contributed by atoms with Crippen molar-refractivity contribution in [2.75, 3.05) is 0 Å². The van der Waals surface area contributed by atoms with E-state index < -0.39 is 10.0 Å². The Morgan fingerprint density at radius 3 is 2.29 bits per heavy atom. The van der Waals surface area contributed by atoms with Crippen molar-refractivity contribution < 1.29 is 8.42 Å². The van der Waals surface area contributed by atoms with Crippen LogP contribution in [0, 0.1) is 6.92 Å². The van der Waals surface area contributed by atoms with E-state index in [1.165, 1.54) is 27.3 Å². The molecule has 1 N–H and O–H groups in total. The Balaban J connectivity index is 1.95. The molecule has 0 fully saturated rings. The predicted molar refractivity (Wildman–Crippen MR) is 122 cm³/mol. The highest BCUT2D eigenvalue weighted by Gasteiger charge is 2.29. The molecule has 0 radical (unpaired) electrons. The van der Waals surface area contributed by atoms with Crippen molar-refractivity contribution in [1.82, 2.24) is 19.1 Å². The fourth-order valence-electron chi connectivity index (χ4n) is 3.71. The van der Waals surface area contributed by atoms with Gasteiger partial charge >= 0.3 is 0 Å². The van der Waals surface area contributed by atoms with Crippen molar-refractivity contribution in [1.29, 1.82) is 0 Å². The second-order valence-electron chi connectivity index (χ2n) is 8.00. The Kier molecular flexibility index (Phi) is 6.73. The van der Waals surface area contributed by atoms with Gasteiger partial charge in [-0.2, -0.15) is 4.31 Å². The summed E-state index contributed by atoms with van der Waals surface area (Å²) in [7, 11) is -3.70. The Morgan fingerprint density at radius 2 is 1.74 bits per heavy atom. The van der Waals surface area contributed by atoms with Gasteiger partial charge in [-0.15, -0.1) is 0 Å². The Hall–Kier alpha value is -2.42. The van der Waals surface area contributed by atoms with E-state index in [9.17, 15) is 13.2 Å². The summed E-state index contributed by atoms with van der Waals surface area (Å²) in [6.45, 7) is 9.15. The molecule has 7 nitrogen and oxygen atoms in total. The number of nitrogens with one attached hydrogen (secondary N) is 1. The zero-order valence-corrected chi connectivity index (χ0v) is 19.8. The molecular formula is C22H27ClN4O3S. The fraction of sp³-hybridized carbons (Fsp3) is 0.364. The van der Waals surface area contributed by atoms with Gasteiger partial charge in [-0.1, -0.05) is 29.8 Å². The summed E-state index contributed by atoms with van der Waals surface area (Å²) in [6.07, 6.45) is 1.68. The Bertz CT molecular complexity index is 1220. The number of hydrogen-bond acceptors (Lipinski definition) is 4. The van der Waals surface area contributed by atoms with E-state index in [0.717, 1.165) is 5.56 Å². The Morgan fingerprint density at radius 1 is 1.10 bits per heavy atom. The zero-order chi connectivity index (χ0) is 22.9. The molecular weight excluding hydrogens is 436 g/mol. The second-order valence-corrected chi connectivity index (χ2v) is 10.2. The van der Waals surface area contributed by atoms with E-state index in [1.54, 1.807) is 6.07 Å². The van der Waals surface area contributed by atoms with Crippen molar-refractivity contribution >= 4 is 21.6 Å². The summed E-state index contributed by atoms with van der Waals surface area (Å²) in [4.78, 5) is 17.3. The minimum absolute atomic E-state index is 0.0891. The minimum atomic E-state index is -3.70. The molecule has 3 rings (SSSR count). The second kappa shape index (κ2) is 8.98. The maximum absolute atomic E-state index is 13.0. The van der Waals surface area contributed by atoms with Crippen LogP contribution in [0.4, 0.5) is 0 Å². The van der Waals surface area contributed by atoms with E-state index in [4.69, 9.17) is 11.6 Å². The van der Waals surface area contributed by atoms with Gasteiger partial charge < -0.3 is 0 Å². The van der Waals surface area contributed by atoms with Crippen LogP contribution in [0.1, 0.15) is 44.5 Å². The van der Waals surface area contributed by atoms with Crippen LogP contribution < -0.4 is 5.56 Å². The summed E-state index contributed by atoms with van der Waals surface area (Å²) in [6, 6.07) is 10.0. The molecule has 31 heavy (non-hydrogen) atoms. The number of H-pyrrole nitrogens is 1. The summed E-state index contributed by atoms with van der Waals surface area (Å²) >= 11 is 6.24. The van der Waals surface area contributed by atoms with Gasteiger partial charge in [0.1, 0.15) is 4.90 Å². The number of halogens is 1. The number of sulfonamides is 1. The molecule has 0 amide bonds. The summed E-state index contributed by atoms with van der Waals surface area (Å²) in [5.74, 6) is 0.318. The van der Waals surface area contributed by atoms with Crippen LogP contribution in [0.15, 0.2) is 52.3 Å². The van der Waals surface area contributed by atoms with Crippen molar-refractivity contribution in [3.63, 3.8) is 0 Å². The number of hydrogen-bond donors (Lipinski definition) is 1. The molecule has 3 aromatic rings. The Labute approximate surface area is 187 Å². The highest BCUT2D eigenvalue weighted by atomic mass is 35.5. The standard InChI is InChI=1S/C22H27ClN4O3S/c1-14(2)27(15(3)4)31(29,30)18-10-11-21(24-13-18)26-22(28)19(16(5)25-26)12-17-8-6-7-9-20(17)23/h6-11,13-15,25H,12H2,1-5H3. The summed E-state index contributed by atoms with van der Waals surface area (Å²) in [5.41, 5.74) is 1.89. The molecule has 0 saturated heterocycles. The lowest BCUT2D eigenvalue weighted by atomic mass is 10.1. The lowest BCUT2D eigenvalue weighted by Gasteiger charge is -2.29. The number of rotatable bonds is 7. The van der Waals surface area contributed by atoms with Gasteiger partial charge in [-0.05, 0) is 58.4 Å². The van der Waals surface area contributed by atoms with Gasteiger partial charge in [0.25, 0.3) is 5.56 Å². The third-order valence-corrected chi connectivity index (χ3v) is 7.67. The molecule has 0 atom stereocenters. The van der Waals surface area contributed by atoms with Crippen LogP contribution in [0.5, 0.6) is 0 Å². The van der Waals surface area contributed by atoms with E-state index in [1.807, 2.05) is 52.8 Å². The monoisotopic (exact) mass is 462 g/mol. The predicted octanol–water partition coefficient (Wildman–Crippen LogP) is 3.92. The third kappa shape index (κ3) is 4.61. The van der Waals surface area contributed by atoms with Gasteiger partial charge in [0, 0.05) is 41.0 Å². The number of aryl methyl sites for hydroxylation is 1. The fourth-order valence-corrected chi connectivity index (χ4v) is 5.70. The minimum Gasteiger partial charge on any atom is -0.294 e. The highest BCUT2D eigenvalue weighted by Crippen LogP contribution is 2.22. The molecule has 2 aromatic heterocycles. The summed E-state index contributed by atoms with van der Waals surface area (Å²) < 4.78 is 28.8. The molecule has 0 saturated carbocycles.